The fraction of sp³-hybridized carbons (Fsp3) is 0.333. The Morgan fingerprint density at radius 3 is 2.80 bits per heavy atom. The van der Waals surface area contributed by atoms with Crippen LogP contribution in [0.5, 0.6) is 0 Å². The molecule has 0 radical (unpaired) electrons. The Hall–Kier alpha value is -0.800. The Labute approximate surface area is 97.4 Å². The van der Waals surface area contributed by atoms with Gasteiger partial charge in [-0.25, -0.2) is 0 Å². The van der Waals surface area contributed by atoms with Crippen molar-refractivity contribution in [3.8, 4) is 0 Å². The summed E-state index contributed by atoms with van der Waals surface area (Å²) < 4.78 is 1.10. The quantitative estimate of drug-likeness (QED) is 0.881. The van der Waals surface area contributed by atoms with E-state index in [-0.39, 0.29) is 6.61 Å². The minimum atomic E-state index is 0.190. The van der Waals surface area contributed by atoms with Crippen LogP contribution in [0.15, 0.2) is 22.8 Å². The van der Waals surface area contributed by atoms with Gasteiger partial charge < -0.3 is 10.1 Å². The van der Waals surface area contributed by atoms with Gasteiger partial charge in [-0.1, -0.05) is 28.9 Å². The molecule has 0 unspecified atom stereocenters. The summed E-state index contributed by atoms with van der Waals surface area (Å²) in [5.41, 5.74) is 3.68. The molecule has 2 aromatic rings. The highest BCUT2D eigenvalue weighted by Crippen LogP contribution is 2.30. The fourth-order valence-electron chi connectivity index (χ4n) is 1.94. The molecule has 1 aromatic carbocycles. The van der Waals surface area contributed by atoms with Gasteiger partial charge in [-0.3, -0.25) is 0 Å². The van der Waals surface area contributed by atoms with Crippen LogP contribution in [0, 0.1) is 0 Å². The molecule has 0 bridgehead atoms. The number of aryl methyl sites for hydroxylation is 1. The van der Waals surface area contributed by atoms with Crippen LogP contribution in [0.4, 0.5) is 0 Å². The molecule has 2 rings (SSSR count). The highest BCUT2D eigenvalue weighted by molar-refractivity contribution is 9.10. The average Bonchev–Trinajstić information content (AvgIpc) is 2.64. The number of aromatic amines is 1. The number of rotatable bonds is 3. The van der Waals surface area contributed by atoms with Gasteiger partial charge >= 0.3 is 0 Å². The summed E-state index contributed by atoms with van der Waals surface area (Å²) in [6.07, 6.45) is 3.71. The zero-order valence-corrected chi connectivity index (χ0v) is 10.3. The molecule has 0 spiro atoms. The van der Waals surface area contributed by atoms with E-state index in [1.807, 2.05) is 6.20 Å². The number of aromatic nitrogens is 1. The Morgan fingerprint density at radius 1 is 1.33 bits per heavy atom. The van der Waals surface area contributed by atoms with Crippen LogP contribution in [0.1, 0.15) is 18.1 Å². The second-order valence-electron chi connectivity index (χ2n) is 3.60. The van der Waals surface area contributed by atoms with Gasteiger partial charge in [0.25, 0.3) is 0 Å². The van der Waals surface area contributed by atoms with Gasteiger partial charge in [-0.2, -0.15) is 0 Å². The number of aliphatic hydroxyl groups is 1. The smallest absolute Gasteiger partial charge is 0.0500 e. The molecule has 0 saturated heterocycles. The van der Waals surface area contributed by atoms with E-state index in [0.29, 0.717) is 6.42 Å². The van der Waals surface area contributed by atoms with Crippen LogP contribution in [0.3, 0.4) is 0 Å². The lowest BCUT2D eigenvalue weighted by Crippen LogP contribution is -1.89. The molecule has 1 heterocycles. The number of halogens is 1. The Morgan fingerprint density at radius 2 is 2.13 bits per heavy atom. The summed E-state index contributed by atoms with van der Waals surface area (Å²) in [4.78, 5) is 3.29. The first-order valence-corrected chi connectivity index (χ1v) is 5.95. The summed E-state index contributed by atoms with van der Waals surface area (Å²) >= 11 is 3.56. The third-order valence-electron chi connectivity index (χ3n) is 2.71. The maximum absolute atomic E-state index is 8.99. The number of benzene rings is 1. The maximum atomic E-state index is 8.99. The topological polar surface area (TPSA) is 36.0 Å². The van der Waals surface area contributed by atoms with E-state index in [0.717, 1.165) is 10.9 Å². The second kappa shape index (κ2) is 4.37. The third-order valence-corrected chi connectivity index (χ3v) is 3.38. The molecule has 0 aliphatic carbocycles. The lowest BCUT2D eigenvalue weighted by Gasteiger charge is -2.03. The molecule has 0 aliphatic heterocycles. The van der Waals surface area contributed by atoms with Crippen LogP contribution >= 0.6 is 15.9 Å². The Kier molecular flexibility index (Phi) is 3.12. The van der Waals surface area contributed by atoms with E-state index in [2.05, 4.69) is 40.0 Å². The molecule has 0 atom stereocenters. The highest BCUT2D eigenvalue weighted by atomic mass is 79.9. The summed E-state index contributed by atoms with van der Waals surface area (Å²) in [5, 5.41) is 10.2. The van der Waals surface area contributed by atoms with Crippen molar-refractivity contribution in [3.05, 3.63) is 33.9 Å². The lowest BCUT2D eigenvalue weighted by atomic mass is 10.1. The van der Waals surface area contributed by atoms with E-state index < -0.39 is 0 Å². The minimum absolute atomic E-state index is 0.190. The molecule has 15 heavy (non-hydrogen) atoms. The van der Waals surface area contributed by atoms with Gasteiger partial charge in [0.2, 0.25) is 0 Å². The first-order chi connectivity index (χ1) is 7.27. The molecule has 0 fully saturated rings. The number of hydrogen-bond acceptors (Lipinski definition) is 1. The predicted octanol–water partition coefficient (Wildman–Crippen LogP) is 3.03. The molecule has 2 N–H and O–H groups in total. The molecule has 0 saturated carbocycles. The first-order valence-electron chi connectivity index (χ1n) is 5.16. The first kappa shape index (κ1) is 10.7. The molecule has 0 aliphatic rings. The molecule has 3 heteroatoms. The van der Waals surface area contributed by atoms with Gasteiger partial charge in [0.05, 0.1) is 5.52 Å². The highest BCUT2D eigenvalue weighted by Gasteiger charge is 2.09. The van der Waals surface area contributed by atoms with Gasteiger partial charge in [0.15, 0.2) is 0 Å². The van der Waals surface area contributed by atoms with Crippen molar-refractivity contribution in [2.45, 2.75) is 19.8 Å². The SMILES string of the molecule is CCc1ccc(Br)c2c(CCO)c[nH]c12. The van der Waals surface area contributed by atoms with E-state index in [1.54, 1.807) is 0 Å². The van der Waals surface area contributed by atoms with Crippen LogP contribution in [-0.4, -0.2) is 16.7 Å². The van der Waals surface area contributed by atoms with Gasteiger partial charge in [-0.15, -0.1) is 0 Å². The van der Waals surface area contributed by atoms with E-state index >= 15 is 0 Å². The zero-order valence-electron chi connectivity index (χ0n) is 8.68. The molecular formula is C12H14BrNO. The van der Waals surface area contributed by atoms with Crippen LogP contribution in [0.2, 0.25) is 0 Å². The summed E-state index contributed by atoms with van der Waals surface area (Å²) in [6, 6.07) is 4.21. The third kappa shape index (κ3) is 1.82. The summed E-state index contributed by atoms with van der Waals surface area (Å²) in [5.74, 6) is 0. The monoisotopic (exact) mass is 267 g/mol. The number of aliphatic hydroxyl groups excluding tert-OH is 1. The van der Waals surface area contributed by atoms with Crippen molar-refractivity contribution < 1.29 is 5.11 Å². The number of hydrogen-bond donors (Lipinski definition) is 2. The molecule has 1 aromatic heterocycles. The second-order valence-corrected chi connectivity index (χ2v) is 4.45. The van der Waals surface area contributed by atoms with Gasteiger partial charge in [-0.05, 0) is 30.0 Å². The molecular weight excluding hydrogens is 254 g/mol. The zero-order chi connectivity index (χ0) is 10.8. The Bertz CT molecular complexity index is 476. The summed E-state index contributed by atoms with van der Waals surface area (Å²) in [6.45, 7) is 2.34. The standard InChI is InChI=1S/C12H14BrNO/c1-2-8-3-4-10(13)11-9(5-6-15)7-14-12(8)11/h3-4,7,14-15H,2,5-6H2,1H3. The van der Waals surface area contributed by atoms with Gasteiger partial charge in [0, 0.05) is 22.7 Å². The Balaban J connectivity index is 2.67. The van der Waals surface area contributed by atoms with Crippen molar-refractivity contribution in [1.29, 1.82) is 0 Å². The normalized spacial score (nSPS) is 11.1. The van der Waals surface area contributed by atoms with E-state index in [9.17, 15) is 0 Å². The van der Waals surface area contributed by atoms with Crippen molar-refractivity contribution >= 4 is 26.8 Å². The van der Waals surface area contributed by atoms with Crippen LogP contribution in [-0.2, 0) is 12.8 Å². The van der Waals surface area contributed by atoms with Crippen molar-refractivity contribution in [1.82, 2.24) is 4.98 Å². The molecule has 0 amide bonds. The van der Waals surface area contributed by atoms with E-state index in [1.165, 1.54) is 22.0 Å². The largest absolute Gasteiger partial charge is 0.396 e. The summed E-state index contributed by atoms with van der Waals surface area (Å²) in [7, 11) is 0. The molecule has 2 nitrogen and oxygen atoms in total. The van der Waals surface area contributed by atoms with Crippen LogP contribution in [0.25, 0.3) is 10.9 Å². The van der Waals surface area contributed by atoms with Crippen molar-refractivity contribution in [3.63, 3.8) is 0 Å². The molecule has 80 valence electrons. The van der Waals surface area contributed by atoms with Crippen LogP contribution < -0.4 is 0 Å². The number of H-pyrrole nitrogens is 1. The fourth-order valence-corrected chi connectivity index (χ4v) is 2.53. The maximum Gasteiger partial charge on any atom is 0.0500 e. The van der Waals surface area contributed by atoms with Crippen molar-refractivity contribution in [2.24, 2.45) is 0 Å². The predicted molar refractivity (Wildman–Crippen MR) is 66.2 cm³/mol. The average molecular weight is 268 g/mol. The lowest BCUT2D eigenvalue weighted by molar-refractivity contribution is 0.300. The van der Waals surface area contributed by atoms with Crippen molar-refractivity contribution in [2.75, 3.05) is 6.61 Å². The van der Waals surface area contributed by atoms with Gasteiger partial charge in [0.1, 0.15) is 0 Å². The van der Waals surface area contributed by atoms with E-state index in [4.69, 9.17) is 5.11 Å². The number of nitrogens with one attached hydrogen (secondary N) is 1. The minimum Gasteiger partial charge on any atom is -0.396 e. The number of fused-ring (bicyclic) bond motifs is 1.